The molecule has 1 aromatic rings. The summed E-state index contributed by atoms with van der Waals surface area (Å²) in [5, 5.41) is 6.32. The second-order valence-electron chi connectivity index (χ2n) is 6.52. The van der Waals surface area contributed by atoms with Crippen LogP contribution in [0.4, 0.5) is 0 Å². The van der Waals surface area contributed by atoms with Gasteiger partial charge in [0.1, 0.15) is 0 Å². The van der Waals surface area contributed by atoms with Crippen molar-refractivity contribution < 1.29 is 4.79 Å². The highest BCUT2D eigenvalue weighted by molar-refractivity contribution is 5.95. The van der Waals surface area contributed by atoms with E-state index < -0.39 is 0 Å². The Morgan fingerprint density at radius 3 is 2.55 bits per heavy atom. The van der Waals surface area contributed by atoms with Crippen LogP contribution in [0.1, 0.15) is 41.6 Å². The minimum absolute atomic E-state index is 0.0554. The quantitative estimate of drug-likeness (QED) is 0.810. The topological polar surface area (TPSA) is 44.4 Å². The number of rotatable bonds is 7. The van der Waals surface area contributed by atoms with Crippen LogP contribution in [0, 0.1) is 0 Å². The molecule has 4 nitrogen and oxygen atoms in total. The lowest BCUT2D eigenvalue weighted by molar-refractivity contribution is 0.0899. The van der Waals surface area contributed by atoms with Crippen molar-refractivity contribution in [1.82, 2.24) is 15.5 Å². The van der Waals surface area contributed by atoms with Gasteiger partial charge in [0.15, 0.2) is 0 Å². The molecule has 0 spiro atoms. The molecule has 1 aliphatic carbocycles. The Hall–Kier alpha value is -1.39. The zero-order valence-corrected chi connectivity index (χ0v) is 14.1. The lowest BCUT2D eigenvalue weighted by Crippen LogP contribution is -2.50. The van der Waals surface area contributed by atoms with Crippen molar-refractivity contribution >= 4 is 5.91 Å². The molecule has 1 aromatic carbocycles. The Morgan fingerprint density at radius 1 is 1.23 bits per heavy atom. The molecule has 0 heterocycles. The Labute approximate surface area is 134 Å². The number of likely N-dealkylation sites (N-methyl/N-ethyl adjacent to an activating group) is 2. The van der Waals surface area contributed by atoms with Gasteiger partial charge in [-0.05, 0) is 58.6 Å². The van der Waals surface area contributed by atoms with E-state index in [0.717, 1.165) is 30.6 Å². The summed E-state index contributed by atoms with van der Waals surface area (Å²) in [6.45, 7) is 1.62. The fourth-order valence-electron chi connectivity index (χ4n) is 3.37. The van der Waals surface area contributed by atoms with Crippen LogP contribution >= 0.6 is 0 Å². The van der Waals surface area contributed by atoms with Gasteiger partial charge < -0.3 is 15.5 Å². The highest BCUT2D eigenvalue weighted by Gasteiger charge is 2.36. The maximum atomic E-state index is 12.6. The van der Waals surface area contributed by atoms with E-state index in [0.29, 0.717) is 0 Å². The predicted octanol–water partition coefficient (Wildman–Crippen LogP) is 2.05. The third kappa shape index (κ3) is 3.87. The van der Waals surface area contributed by atoms with E-state index in [2.05, 4.69) is 29.6 Å². The number of amides is 1. The number of nitrogens with one attached hydrogen (secondary N) is 2. The van der Waals surface area contributed by atoms with Crippen molar-refractivity contribution in [3.63, 3.8) is 0 Å². The molecule has 22 heavy (non-hydrogen) atoms. The number of hydrogen-bond acceptors (Lipinski definition) is 3. The molecule has 1 amide bonds. The minimum atomic E-state index is 0.0554. The van der Waals surface area contributed by atoms with E-state index in [1.165, 1.54) is 25.7 Å². The molecule has 1 saturated carbocycles. The lowest BCUT2D eigenvalue weighted by Gasteiger charge is -2.36. The molecule has 2 rings (SSSR count). The number of nitrogens with zero attached hydrogens (tertiary/aromatic N) is 1. The Kier molecular flexibility index (Phi) is 5.98. The smallest absolute Gasteiger partial charge is 0.251 e. The fourth-order valence-corrected chi connectivity index (χ4v) is 3.37. The first kappa shape index (κ1) is 17.0. The van der Waals surface area contributed by atoms with Gasteiger partial charge in [0.2, 0.25) is 0 Å². The van der Waals surface area contributed by atoms with Crippen LogP contribution in [-0.2, 0) is 6.42 Å². The van der Waals surface area contributed by atoms with E-state index in [9.17, 15) is 4.79 Å². The average molecular weight is 303 g/mol. The van der Waals surface area contributed by atoms with Gasteiger partial charge in [-0.1, -0.05) is 31.0 Å². The molecule has 2 N–H and O–H groups in total. The Bertz CT molecular complexity index is 493. The fraction of sp³-hybridized carbons (Fsp3) is 0.611. The maximum Gasteiger partial charge on any atom is 0.251 e. The summed E-state index contributed by atoms with van der Waals surface area (Å²) in [7, 11) is 6.18. The largest absolute Gasteiger partial charge is 0.350 e. The van der Waals surface area contributed by atoms with Gasteiger partial charge in [0.05, 0.1) is 0 Å². The van der Waals surface area contributed by atoms with Crippen molar-refractivity contribution in [2.75, 3.05) is 34.2 Å². The normalized spacial score (nSPS) is 16.9. The molecular weight excluding hydrogens is 274 g/mol. The number of carbonyl (C=O) groups is 1. The highest BCUT2D eigenvalue weighted by Crippen LogP contribution is 2.33. The molecule has 0 atom stereocenters. The van der Waals surface area contributed by atoms with Crippen LogP contribution in [0.2, 0.25) is 0 Å². The van der Waals surface area contributed by atoms with Gasteiger partial charge in [0, 0.05) is 17.6 Å². The summed E-state index contributed by atoms with van der Waals surface area (Å²) in [5.41, 5.74) is 2.06. The predicted molar refractivity (Wildman–Crippen MR) is 91.3 cm³/mol. The number of benzene rings is 1. The molecule has 122 valence electrons. The molecule has 0 saturated heterocycles. The lowest BCUT2D eigenvalue weighted by atomic mass is 9.95. The average Bonchev–Trinajstić information content (AvgIpc) is 3.01. The molecule has 4 heteroatoms. The SMILES string of the molecule is CNCCc1ccccc1C(=O)NCC1(N(C)C)CCCC1. The van der Waals surface area contributed by atoms with Gasteiger partial charge in [0.25, 0.3) is 5.91 Å². The first-order chi connectivity index (χ1) is 10.6. The first-order valence-electron chi connectivity index (χ1n) is 8.27. The standard InChI is InChI=1S/C18H29N3O/c1-19-13-10-15-8-4-5-9-16(15)17(22)20-14-18(21(2)3)11-6-7-12-18/h4-5,8-9,19H,6-7,10-14H2,1-3H3,(H,20,22). The zero-order valence-electron chi connectivity index (χ0n) is 14.1. The van der Waals surface area contributed by atoms with Crippen molar-refractivity contribution in [1.29, 1.82) is 0 Å². The van der Waals surface area contributed by atoms with Crippen molar-refractivity contribution in [2.24, 2.45) is 0 Å². The van der Waals surface area contributed by atoms with Crippen LogP contribution in [0.15, 0.2) is 24.3 Å². The summed E-state index contributed by atoms with van der Waals surface area (Å²) in [6, 6.07) is 7.91. The summed E-state index contributed by atoms with van der Waals surface area (Å²) in [6.07, 6.45) is 5.72. The first-order valence-corrected chi connectivity index (χ1v) is 8.27. The van der Waals surface area contributed by atoms with Crippen LogP contribution in [0.25, 0.3) is 0 Å². The van der Waals surface area contributed by atoms with Crippen molar-refractivity contribution in [2.45, 2.75) is 37.6 Å². The van der Waals surface area contributed by atoms with E-state index in [-0.39, 0.29) is 11.4 Å². The van der Waals surface area contributed by atoms with Gasteiger partial charge in [-0.15, -0.1) is 0 Å². The van der Waals surface area contributed by atoms with Crippen LogP contribution in [0.5, 0.6) is 0 Å². The molecule has 0 radical (unpaired) electrons. The van der Waals surface area contributed by atoms with Crippen molar-refractivity contribution in [3.8, 4) is 0 Å². The third-order valence-electron chi connectivity index (χ3n) is 4.97. The van der Waals surface area contributed by atoms with E-state index in [1.54, 1.807) is 0 Å². The summed E-state index contributed by atoms with van der Waals surface area (Å²) in [5.74, 6) is 0.0554. The van der Waals surface area contributed by atoms with Crippen molar-refractivity contribution in [3.05, 3.63) is 35.4 Å². The van der Waals surface area contributed by atoms with E-state index in [1.807, 2.05) is 31.3 Å². The molecule has 0 bridgehead atoms. The molecular formula is C18H29N3O. The van der Waals surface area contributed by atoms with E-state index in [4.69, 9.17) is 0 Å². The number of hydrogen-bond donors (Lipinski definition) is 2. The van der Waals surface area contributed by atoms with Gasteiger partial charge in [-0.25, -0.2) is 0 Å². The zero-order chi connectivity index (χ0) is 16.0. The second-order valence-corrected chi connectivity index (χ2v) is 6.52. The summed E-state index contributed by atoms with van der Waals surface area (Å²) in [4.78, 5) is 14.9. The molecule has 0 aromatic heterocycles. The van der Waals surface area contributed by atoms with Gasteiger partial charge >= 0.3 is 0 Å². The molecule has 1 fully saturated rings. The van der Waals surface area contributed by atoms with Crippen LogP contribution < -0.4 is 10.6 Å². The highest BCUT2D eigenvalue weighted by atomic mass is 16.1. The minimum Gasteiger partial charge on any atom is -0.350 e. The van der Waals surface area contributed by atoms with Gasteiger partial charge in [-0.3, -0.25) is 4.79 Å². The Morgan fingerprint density at radius 2 is 1.91 bits per heavy atom. The van der Waals surface area contributed by atoms with E-state index >= 15 is 0 Å². The Balaban J connectivity index is 2.03. The maximum absolute atomic E-state index is 12.6. The summed E-state index contributed by atoms with van der Waals surface area (Å²) < 4.78 is 0. The summed E-state index contributed by atoms with van der Waals surface area (Å²) >= 11 is 0. The molecule has 0 aliphatic heterocycles. The molecule has 1 aliphatic rings. The van der Waals surface area contributed by atoms with Gasteiger partial charge in [-0.2, -0.15) is 0 Å². The molecule has 0 unspecified atom stereocenters. The number of carbonyl (C=O) groups excluding carboxylic acids is 1. The van der Waals surface area contributed by atoms with Crippen LogP contribution in [0.3, 0.4) is 0 Å². The monoisotopic (exact) mass is 303 g/mol. The van der Waals surface area contributed by atoms with Crippen LogP contribution in [-0.4, -0.2) is 50.6 Å². The second kappa shape index (κ2) is 7.75. The third-order valence-corrected chi connectivity index (χ3v) is 4.97.